The second kappa shape index (κ2) is 7.30. The molecule has 1 atom stereocenters. The molecule has 1 amide bonds. The first-order valence-corrected chi connectivity index (χ1v) is 8.37. The fraction of sp³-hybridized carbons (Fsp3) is 0.267. The lowest BCUT2D eigenvalue weighted by molar-refractivity contribution is 0.187. The van der Waals surface area contributed by atoms with Crippen LogP contribution in [0.1, 0.15) is 12.5 Å². The molecule has 8 heteroatoms. The van der Waals surface area contributed by atoms with Crippen LogP contribution < -0.4 is 10.0 Å². The molecule has 1 aromatic carbocycles. The van der Waals surface area contributed by atoms with Crippen LogP contribution in [0, 0.1) is 0 Å². The Labute approximate surface area is 134 Å². The van der Waals surface area contributed by atoms with Gasteiger partial charge in [-0.2, -0.15) is 0 Å². The summed E-state index contributed by atoms with van der Waals surface area (Å²) < 4.78 is 36.7. The predicted octanol–water partition coefficient (Wildman–Crippen LogP) is 2.37. The molecule has 2 aromatic rings. The number of ether oxygens (including phenoxy) is 1. The number of hydrogen-bond acceptors (Lipinski definition) is 5. The minimum absolute atomic E-state index is 0.118. The van der Waals surface area contributed by atoms with Crippen molar-refractivity contribution in [1.29, 1.82) is 0 Å². The van der Waals surface area contributed by atoms with Gasteiger partial charge in [0.15, 0.2) is 0 Å². The molecule has 0 saturated heterocycles. The Hall–Kier alpha value is -2.32. The van der Waals surface area contributed by atoms with Gasteiger partial charge in [-0.05, 0) is 49.2 Å². The fourth-order valence-electron chi connectivity index (χ4n) is 2.02. The molecule has 0 aliphatic rings. The van der Waals surface area contributed by atoms with Crippen LogP contribution in [-0.2, 0) is 21.2 Å². The van der Waals surface area contributed by atoms with Gasteiger partial charge in [-0.3, -0.25) is 5.32 Å². The Bertz CT molecular complexity index is 739. The van der Waals surface area contributed by atoms with Gasteiger partial charge in [-0.25, -0.2) is 17.9 Å². The Morgan fingerprint density at radius 3 is 2.52 bits per heavy atom. The summed E-state index contributed by atoms with van der Waals surface area (Å²) in [5.74, 6) is 0. The Kier molecular flexibility index (Phi) is 5.41. The molecule has 0 radical (unpaired) electrons. The lowest BCUT2D eigenvalue weighted by atomic mass is 10.1. The average molecular weight is 338 g/mol. The number of amides is 1. The smallest absolute Gasteiger partial charge is 0.411 e. The second-order valence-electron chi connectivity index (χ2n) is 5.00. The number of furan rings is 1. The number of carbonyl (C=O) groups excluding carboxylic acids is 1. The van der Waals surface area contributed by atoms with E-state index in [1.807, 2.05) is 0 Å². The van der Waals surface area contributed by atoms with Crippen LogP contribution in [0.2, 0.25) is 0 Å². The van der Waals surface area contributed by atoms with Gasteiger partial charge in [0.2, 0.25) is 10.0 Å². The van der Waals surface area contributed by atoms with Crippen LogP contribution in [0.4, 0.5) is 10.5 Å². The van der Waals surface area contributed by atoms with Gasteiger partial charge in [0.05, 0.1) is 24.5 Å². The molecule has 1 aromatic heterocycles. The third kappa shape index (κ3) is 4.83. The summed E-state index contributed by atoms with van der Waals surface area (Å²) in [5.41, 5.74) is 1.36. The molecule has 1 heterocycles. The molecule has 0 bridgehead atoms. The van der Waals surface area contributed by atoms with Gasteiger partial charge in [-0.15, -0.1) is 0 Å². The lowest BCUT2D eigenvalue weighted by Gasteiger charge is -2.13. The molecular formula is C15H18N2O5S. The van der Waals surface area contributed by atoms with E-state index >= 15 is 0 Å². The molecule has 0 aliphatic heterocycles. The summed E-state index contributed by atoms with van der Waals surface area (Å²) in [7, 11) is -2.39. The summed E-state index contributed by atoms with van der Waals surface area (Å²) in [6.07, 6.45) is 3.03. The van der Waals surface area contributed by atoms with Crippen LogP contribution in [0.5, 0.6) is 0 Å². The van der Waals surface area contributed by atoms with Crippen molar-refractivity contribution in [2.75, 3.05) is 12.4 Å². The van der Waals surface area contributed by atoms with E-state index in [1.165, 1.54) is 31.4 Å². The summed E-state index contributed by atoms with van der Waals surface area (Å²) in [5, 5.41) is 2.45. The van der Waals surface area contributed by atoms with E-state index in [2.05, 4.69) is 14.8 Å². The molecule has 2 rings (SSSR count). The minimum Gasteiger partial charge on any atom is -0.472 e. The summed E-state index contributed by atoms with van der Waals surface area (Å²) in [4.78, 5) is 11.2. The SMILES string of the molecule is COC(=O)Nc1ccc(S(=O)(=O)N[C@@H](C)Cc2ccoc2)cc1. The first-order valence-electron chi connectivity index (χ1n) is 6.89. The number of sulfonamides is 1. The zero-order chi connectivity index (χ0) is 16.9. The molecule has 7 nitrogen and oxygen atoms in total. The average Bonchev–Trinajstić information content (AvgIpc) is 2.99. The number of hydrogen-bond donors (Lipinski definition) is 2. The second-order valence-corrected chi connectivity index (χ2v) is 6.71. The first-order chi connectivity index (χ1) is 10.9. The highest BCUT2D eigenvalue weighted by Gasteiger charge is 2.18. The Balaban J connectivity index is 2.02. The maximum atomic E-state index is 12.3. The molecule has 0 fully saturated rings. The number of carbonyl (C=O) groups is 1. The zero-order valence-corrected chi connectivity index (χ0v) is 13.6. The van der Waals surface area contributed by atoms with Gasteiger partial charge in [0.1, 0.15) is 0 Å². The third-order valence-corrected chi connectivity index (χ3v) is 4.68. The predicted molar refractivity (Wildman–Crippen MR) is 84.7 cm³/mol. The van der Waals surface area contributed by atoms with Crippen molar-refractivity contribution in [3.05, 3.63) is 48.4 Å². The normalized spacial score (nSPS) is 12.6. The molecule has 124 valence electrons. The van der Waals surface area contributed by atoms with Crippen LogP contribution in [0.3, 0.4) is 0 Å². The van der Waals surface area contributed by atoms with Gasteiger partial charge in [-0.1, -0.05) is 0 Å². The maximum absolute atomic E-state index is 12.3. The molecule has 0 saturated carbocycles. The third-order valence-electron chi connectivity index (χ3n) is 3.07. The van der Waals surface area contributed by atoms with Crippen molar-refractivity contribution in [1.82, 2.24) is 4.72 Å². The molecule has 2 N–H and O–H groups in total. The van der Waals surface area contributed by atoms with E-state index in [9.17, 15) is 13.2 Å². The zero-order valence-electron chi connectivity index (χ0n) is 12.8. The number of nitrogens with one attached hydrogen (secondary N) is 2. The monoisotopic (exact) mass is 338 g/mol. The van der Waals surface area contributed by atoms with E-state index in [0.29, 0.717) is 12.1 Å². The van der Waals surface area contributed by atoms with Gasteiger partial charge in [0, 0.05) is 11.7 Å². The minimum atomic E-state index is -3.64. The molecule has 23 heavy (non-hydrogen) atoms. The van der Waals surface area contributed by atoms with Gasteiger partial charge >= 0.3 is 6.09 Å². The largest absolute Gasteiger partial charge is 0.472 e. The maximum Gasteiger partial charge on any atom is 0.411 e. The molecule has 0 aliphatic carbocycles. The number of rotatable bonds is 6. The van der Waals surface area contributed by atoms with Crippen molar-refractivity contribution in [2.45, 2.75) is 24.3 Å². The molecular weight excluding hydrogens is 320 g/mol. The Morgan fingerprint density at radius 2 is 1.96 bits per heavy atom. The van der Waals surface area contributed by atoms with Gasteiger partial charge in [0.25, 0.3) is 0 Å². The van der Waals surface area contributed by atoms with Crippen LogP contribution in [0.15, 0.2) is 52.2 Å². The quantitative estimate of drug-likeness (QED) is 0.842. The van der Waals surface area contributed by atoms with E-state index in [-0.39, 0.29) is 10.9 Å². The van der Waals surface area contributed by atoms with Crippen molar-refractivity contribution < 1.29 is 22.4 Å². The van der Waals surface area contributed by atoms with Crippen molar-refractivity contribution in [3.8, 4) is 0 Å². The van der Waals surface area contributed by atoms with Crippen molar-refractivity contribution in [2.24, 2.45) is 0 Å². The van der Waals surface area contributed by atoms with E-state index in [1.54, 1.807) is 25.5 Å². The summed E-state index contributed by atoms with van der Waals surface area (Å²) in [6, 6.07) is 7.32. The van der Waals surface area contributed by atoms with E-state index in [4.69, 9.17) is 4.42 Å². The van der Waals surface area contributed by atoms with Crippen molar-refractivity contribution in [3.63, 3.8) is 0 Å². The highest BCUT2D eigenvalue weighted by atomic mass is 32.2. The van der Waals surface area contributed by atoms with Gasteiger partial charge < -0.3 is 9.15 Å². The fourth-order valence-corrected chi connectivity index (χ4v) is 3.27. The van der Waals surface area contributed by atoms with E-state index in [0.717, 1.165) is 5.56 Å². The number of benzene rings is 1. The Morgan fingerprint density at radius 1 is 1.26 bits per heavy atom. The topological polar surface area (TPSA) is 97.6 Å². The summed E-state index contributed by atoms with van der Waals surface area (Å²) in [6.45, 7) is 1.78. The summed E-state index contributed by atoms with van der Waals surface area (Å²) >= 11 is 0. The number of anilines is 1. The first kappa shape index (κ1) is 17.0. The molecule has 0 unspecified atom stereocenters. The van der Waals surface area contributed by atoms with Crippen LogP contribution >= 0.6 is 0 Å². The highest BCUT2D eigenvalue weighted by Crippen LogP contribution is 2.15. The standard InChI is InChI=1S/C15H18N2O5S/c1-11(9-12-7-8-22-10-12)17-23(19,20)14-5-3-13(4-6-14)16-15(18)21-2/h3-8,10-11,17H,9H2,1-2H3,(H,16,18)/t11-/m0/s1. The molecule has 0 spiro atoms. The highest BCUT2D eigenvalue weighted by molar-refractivity contribution is 7.89. The van der Waals surface area contributed by atoms with Crippen LogP contribution in [0.25, 0.3) is 0 Å². The lowest BCUT2D eigenvalue weighted by Crippen LogP contribution is -2.34. The van der Waals surface area contributed by atoms with E-state index < -0.39 is 16.1 Å². The van der Waals surface area contributed by atoms with Crippen LogP contribution in [-0.4, -0.2) is 27.7 Å². The number of methoxy groups -OCH3 is 1. The van der Waals surface area contributed by atoms with Crippen molar-refractivity contribution >= 4 is 21.8 Å².